The van der Waals surface area contributed by atoms with Crippen LogP contribution in [-0.4, -0.2) is 14.5 Å². The molecular formula is C10H7ClN4. The molecule has 0 aliphatic rings. The van der Waals surface area contributed by atoms with E-state index in [0.717, 1.165) is 5.56 Å². The molecule has 0 unspecified atom stereocenters. The molecule has 0 saturated heterocycles. The monoisotopic (exact) mass is 218 g/mol. The van der Waals surface area contributed by atoms with Gasteiger partial charge < -0.3 is 0 Å². The lowest BCUT2D eigenvalue weighted by Gasteiger charge is -2.05. The zero-order valence-corrected chi connectivity index (χ0v) is 8.73. The lowest BCUT2D eigenvalue weighted by molar-refractivity contribution is 0.986. The summed E-state index contributed by atoms with van der Waals surface area (Å²) in [5.74, 6) is 0.661. The molecule has 0 radical (unpaired) electrons. The molecule has 0 aliphatic carbocycles. The molecule has 0 aliphatic heterocycles. The normalized spacial score (nSPS) is 9.93. The molecule has 2 heterocycles. The van der Waals surface area contributed by atoms with Crippen LogP contribution in [-0.2, 0) is 0 Å². The number of aryl methyl sites for hydroxylation is 1. The average molecular weight is 219 g/mol. The Morgan fingerprint density at radius 3 is 2.87 bits per heavy atom. The lowest BCUT2D eigenvalue weighted by atomic mass is 10.2. The predicted molar refractivity (Wildman–Crippen MR) is 55.8 cm³/mol. The van der Waals surface area contributed by atoms with E-state index in [-0.39, 0.29) is 5.15 Å². The van der Waals surface area contributed by atoms with Gasteiger partial charge >= 0.3 is 0 Å². The molecule has 4 nitrogen and oxygen atoms in total. The summed E-state index contributed by atoms with van der Waals surface area (Å²) in [5, 5.41) is 9.05. The van der Waals surface area contributed by atoms with Gasteiger partial charge in [0.2, 0.25) is 0 Å². The summed E-state index contributed by atoms with van der Waals surface area (Å²) in [5.41, 5.74) is 1.22. The van der Waals surface area contributed by atoms with E-state index in [9.17, 15) is 0 Å². The second-order valence-electron chi connectivity index (χ2n) is 3.04. The minimum atomic E-state index is 0.223. The molecule has 2 aromatic heterocycles. The van der Waals surface area contributed by atoms with E-state index < -0.39 is 0 Å². The van der Waals surface area contributed by atoms with Crippen molar-refractivity contribution >= 4 is 11.6 Å². The van der Waals surface area contributed by atoms with Crippen LogP contribution >= 0.6 is 11.6 Å². The van der Waals surface area contributed by atoms with Crippen LogP contribution in [0, 0.1) is 18.3 Å². The fourth-order valence-corrected chi connectivity index (χ4v) is 1.56. The standard InChI is InChI=1S/C10H7ClN4/c1-7-4-9(15-3-2-13-6-15)14-10(11)8(7)5-12/h2-4,6H,1H3. The molecule has 74 valence electrons. The number of halogens is 1. The largest absolute Gasteiger partial charge is 0.290 e. The summed E-state index contributed by atoms with van der Waals surface area (Å²) in [6.45, 7) is 1.83. The molecule has 0 saturated carbocycles. The second-order valence-corrected chi connectivity index (χ2v) is 3.40. The third-order valence-electron chi connectivity index (χ3n) is 2.04. The van der Waals surface area contributed by atoms with E-state index in [4.69, 9.17) is 16.9 Å². The molecule has 0 aromatic carbocycles. The maximum absolute atomic E-state index is 8.83. The van der Waals surface area contributed by atoms with Gasteiger partial charge in [-0.15, -0.1) is 0 Å². The topological polar surface area (TPSA) is 54.5 Å². The van der Waals surface area contributed by atoms with Crippen molar-refractivity contribution in [2.75, 3.05) is 0 Å². The maximum atomic E-state index is 8.83. The van der Waals surface area contributed by atoms with Crippen molar-refractivity contribution in [2.24, 2.45) is 0 Å². The van der Waals surface area contributed by atoms with Gasteiger partial charge in [0.05, 0.1) is 5.56 Å². The molecule has 5 heteroatoms. The highest BCUT2D eigenvalue weighted by atomic mass is 35.5. The molecule has 0 fully saturated rings. The van der Waals surface area contributed by atoms with Gasteiger partial charge in [-0.2, -0.15) is 5.26 Å². The number of hydrogen-bond donors (Lipinski definition) is 0. The Morgan fingerprint density at radius 1 is 1.53 bits per heavy atom. The predicted octanol–water partition coefficient (Wildman–Crippen LogP) is 2.10. The van der Waals surface area contributed by atoms with Crippen LogP contribution in [0.25, 0.3) is 5.82 Å². The van der Waals surface area contributed by atoms with E-state index in [1.165, 1.54) is 0 Å². The summed E-state index contributed by atoms with van der Waals surface area (Å²) in [7, 11) is 0. The number of nitrogens with zero attached hydrogens (tertiary/aromatic N) is 4. The lowest BCUT2D eigenvalue weighted by Crippen LogP contribution is -1.98. The zero-order chi connectivity index (χ0) is 10.8. The number of hydrogen-bond acceptors (Lipinski definition) is 3. The van der Waals surface area contributed by atoms with Gasteiger partial charge in [0.15, 0.2) is 0 Å². The SMILES string of the molecule is Cc1cc(-n2ccnc2)nc(Cl)c1C#N. The van der Waals surface area contributed by atoms with Crippen molar-refractivity contribution in [3.8, 4) is 11.9 Å². The Hall–Kier alpha value is -1.86. The van der Waals surface area contributed by atoms with Crippen molar-refractivity contribution < 1.29 is 0 Å². The quantitative estimate of drug-likeness (QED) is 0.689. The molecule has 0 bridgehead atoms. The van der Waals surface area contributed by atoms with Gasteiger partial charge in [0.1, 0.15) is 23.4 Å². The van der Waals surface area contributed by atoms with Crippen molar-refractivity contribution in [3.05, 3.63) is 41.1 Å². The number of pyridine rings is 1. The van der Waals surface area contributed by atoms with E-state index in [2.05, 4.69) is 9.97 Å². The fourth-order valence-electron chi connectivity index (χ4n) is 1.28. The number of rotatable bonds is 1. The van der Waals surface area contributed by atoms with E-state index in [1.54, 1.807) is 29.4 Å². The Kier molecular flexibility index (Phi) is 2.40. The first-order valence-corrected chi connectivity index (χ1v) is 4.65. The van der Waals surface area contributed by atoms with Gasteiger partial charge in [-0.3, -0.25) is 4.57 Å². The third kappa shape index (κ3) is 1.69. The molecule has 2 rings (SSSR count). The minimum Gasteiger partial charge on any atom is -0.290 e. The minimum absolute atomic E-state index is 0.223. The molecule has 2 aromatic rings. The molecule has 15 heavy (non-hydrogen) atoms. The Labute approximate surface area is 91.8 Å². The van der Waals surface area contributed by atoms with Gasteiger partial charge in [0, 0.05) is 12.4 Å². The van der Waals surface area contributed by atoms with Crippen LogP contribution in [0.4, 0.5) is 0 Å². The Balaban J connectivity index is 2.59. The highest BCUT2D eigenvalue weighted by Crippen LogP contribution is 2.19. The first-order valence-electron chi connectivity index (χ1n) is 4.28. The van der Waals surface area contributed by atoms with Crippen molar-refractivity contribution in [1.29, 1.82) is 5.26 Å². The summed E-state index contributed by atoms with van der Waals surface area (Å²) in [4.78, 5) is 8.03. The first kappa shape index (κ1) is 9.69. The summed E-state index contributed by atoms with van der Waals surface area (Å²) >= 11 is 5.88. The molecular weight excluding hydrogens is 212 g/mol. The van der Waals surface area contributed by atoms with E-state index >= 15 is 0 Å². The summed E-state index contributed by atoms with van der Waals surface area (Å²) in [6, 6.07) is 3.81. The molecule has 0 spiro atoms. The van der Waals surface area contributed by atoms with Crippen LogP contribution in [0.5, 0.6) is 0 Å². The average Bonchev–Trinajstić information content (AvgIpc) is 2.69. The maximum Gasteiger partial charge on any atom is 0.149 e. The van der Waals surface area contributed by atoms with Gasteiger partial charge in [-0.1, -0.05) is 11.6 Å². The van der Waals surface area contributed by atoms with E-state index in [0.29, 0.717) is 11.4 Å². The molecule has 0 atom stereocenters. The van der Waals surface area contributed by atoms with Crippen molar-refractivity contribution in [2.45, 2.75) is 6.92 Å². The number of nitriles is 1. The molecule has 0 amide bonds. The highest BCUT2D eigenvalue weighted by molar-refractivity contribution is 6.30. The highest BCUT2D eigenvalue weighted by Gasteiger charge is 2.08. The van der Waals surface area contributed by atoms with Crippen LogP contribution in [0.1, 0.15) is 11.1 Å². The summed E-state index contributed by atoms with van der Waals surface area (Å²) in [6.07, 6.45) is 5.05. The van der Waals surface area contributed by atoms with Gasteiger partial charge in [0.25, 0.3) is 0 Å². The third-order valence-corrected chi connectivity index (χ3v) is 2.31. The van der Waals surface area contributed by atoms with Crippen LogP contribution in [0.2, 0.25) is 5.15 Å². The van der Waals surface area contributed by atoms with Crippen molar-refractivity contribution in [3.63, 3.8) is 0 Å². The Bertz CT molecular complexity index is 502. The van der Waals surface area contributed by atoms with Gasteiger partial charge in [-0.25, -0.2) is 9.97 Å². The van der Waals surface area contributed by atoms with Gasteiger partial charge in [-0.05, 0) is 18.6 Å². The fraction of sp³-hybridized carbons (Fsp3) is 0.100. The second kappa shape index (κ2) is 3.71. The van der Waals surface area contributed by atoms with Crippen LogP contribution in [0.3, 0.4) is 0 Å². The number of imidazole rings is 1. The smallest absolute Gasteiger partial charge is 0.149 e. The summed E-state index contributed by atoms with van der Waals surface area (Å²) < 4.78 is 1.74. The number of aromatic nitrogens is 3. The van der Waals surface area contributed by atoms with E-state index in [1.807, 2.05) is 13.0 Å². The van der Waals surface area contributed by atoms with Crippen LogP contribution in [0.15, 0.2) is 24.8 Å². The first-order chi connectivity index (χ1) is 7.22. The van der Waals surface area contributed by atoms with Crippen LogP contribution < -0.4 is 0 Å². The zero-order valence-electron chi connectivity index (χ0n) is 7.98. The Morgan fingerprint density at radius 2 is 2.33 bits per heavy atom. The molecule has 0 N–H and O–H groups in total. The van der Waals surface area contributed by atoms with Crippen molar-refractivity contribution in [1.82, 2.24) is 14.5 Å².